The Hall–Kier alpha value is -3.10. The number of thioether (sulfide) groups is 1. The Morgan fingerprint density at radius 1 is 0.938 bits per heavy atom. The largest absolute Gasteiger partial charge is 0.416 e. The van der Waals surface area contributed by atoms with Gasteiger partial charge in [-0.1, -0.05) is 60.4 Å². The summed E-state index contributed by atoms with van der Waals surface area (Å²) in [5.74, 6) is -0.440. The fourth-order valence-corrected chi connectivity index (χ4v) is 4.56. The fraction of sp³-hybridized carbons (Fsp3) is 0.0833. The highest BCUT2D eigenvalue weighted by Crippen LogP contribution is 2.38. The highest BCUT2D eigenvalue weighted by Gasteiger charge is 2.36. The molecule has 1 amide bonds. The molecule has 0 aliphatic carbocycles. The molecule has 4 rings (SSSR count). The van der Waals surface area contributed by atoms with E-state index in [4.69, 9.17) is 12.2 Å². The van der Waals surface area contributed by atoms with E-state index >= 15 is 0 Å². The first-order chi connectivity index (χ1) is 15.2. The molecular formula is C24H17F3N2OS2. The van der Waals surface area contributed by atoms with Gasteiger partial charge < -0.3 is 4.90 Å². The predicted octanol–water partition coefficient (Wildman–Crippen LogP) is 6.88. The molecule has 1 fully saturated rings. The predicted molar refractivity (Wildman–Crippen MR) is 128 cm³/mol. The van der Waals surface area contributed by atoms with Crippen LogP contribution in [0, 0.1) is 0 Å². The molecule has 3 aromatic rings. The Kier molecular flexibility index (Phi) is 6.08. The lowest BCUT2D eigenvalue weighted by Gasteiger charge is -2.19. The average Bonchev–Trinajstić information content (AvgIpc) is 3.06. The number of carbonyl (C=O) groups is 1. The minimum absolute atomic E-state index is 0.102. The molecule has 32 heavy (non-hydrogen) atoms. The number of thiocarbonyl (C=S) groups is 1. The molecule has 8 heteroatoms. The maximum Gasteiger partial charge on any atom is 0.416 e. The Morgan fingerprint density at radius 2 is 1.59 bits per heavy atom. The third-order valence-corrected chi connectivity index (χ3v) is 6.25. The van der Waals surface area contributed by atoms with Crippen LogP contribution in [0.3, 0.4) is 0 Å². The molecule has 1 saturated heterocycles. The molecule has 0 saturated carbocycles. The second kappa shape index (κ2) is 8.80. The topological polar surface area (TPSA) is 23.6 Å². The minimum Gasteiger partial charge on any atom is -0.345 e. The second-order valence-electron chi connectivity index (χ2n) is 7.05. The molecule has 0 N–H and O–H groups in total. The van der Waals surface area contributed by atoms with Crippen LogP contribution >= 0.6 is 24.0 Å². The van der Waals surface area contributed by atoms with E-state index < -0.39 is 17.6 Å². The van der Waals surface area contributed by atoms with Crippen LogP contribution in [0.1, 0.15) is 11.1 Å². The number of rotatable bonds is 4. The number of halogens is 3. The summed E-state index contributed by atoms with van der Waals surface area (Å²) in [6.45, 7) is 0. The lowest BCUT2D eigenvalue weighted by atomic mass is 10.1. The van der Waals surface area contributed by atoms with Crippen LogP contribution in [0.4, 0.5) is 30.2 Å². The van der Waals surface area contributed by atoms with Crippen LogP contribution in [0.25, 0.3) is 6.08 Å². The Labute approximate surface area is 193 Å². The molecule has 0 bridgehead atoms. The maximum absolute atomic E-state index is 13.1. The quantitative estimate of drug-likeness (QED) is 0.306. The molecular weight excluding hydrogens is 453 g/mol. The van der Waals surface area contributed by atoms with Crippen LogP contribution in [-0.4, -0.2) is 17.3 Å². The number of hydrogen-bond donors (Lipinski definition) is 0. The van der Waals surface area contributed by atoms with Gasteiger partial charge in [0.1, 0.15) is 0 Å². The Bertz CT molecular complexity index is 1190. The standard InChI is InChI=1S/C24H17F3N2OS2/c1-28(18-7-3-2-4-8-18)19-12-10-16(11-13-19)14-21-22(30)29(23(31)32-21)20-9-5-6-17(15-20)24(25,26)27/h2-15H,1H3/b21-14-. The molecule has 1 heterocycles. The summed E-state index contributed by atoms with van der Waals surface area (Å²) >= 11 is 6.35. The second-order valence-corrected chi connectivity index (χ2v) is 8.73. The zero-order valence-corrected chi connectivity index (χ0v) is 18.5. The zero-order valence-electron chi connectivity index (χ0n) is 16.8. The summed E-state index contributed by atoms with van der Waals surface area (Å²) in [6.07, 6.45) is -2.81. The molecule has 0 spiro atoms. The Morgan fingerprint density at radius 3 is 2.25 bits per heavy atom. The van der Waals surface area contributed by atoms with E-state index in [1.54, 1.807) is 6.08 Å². The summed E-state index contributed by atoms with van der Waals surface area (Å²) in [4.78, 5) is 16.4. The van der Waals surface area contributed by atoms with Crippen LogP contribution in [-0.2, 0) is 11.0 Å². The van der Waals surface area contributed by atoms with Gasteiger partial charge in [-0.2, -0.15) is 13.2 Å². The number of carbonyl (C=O) groups excluding carboxylic acids is 1. The first kappa shape index (κ1) is 22.1. The van der Waals surface area contributed by atoms with Crippen LogP contribution in [0.15, 0.2) is 83.8 Å². The van der Waals surface area contributed by atoms with Gasteiger partial charge in [0, 0.05) is 18.4 Å². The monoisotopic (exact) mass is 470 g/mol. The van der Waals surface area contributed by atoms with Gasteiger partial charge in [0.2, 0.25) is 0 Å². The number of anilines is 3. The van der Waals surface area contributed by atoms with Crippen LogP contribution < -0.4 is 9.80 Å². The average molecular weight is 471 g/mol. The summed E-state index contributed by atoms with van der Waals surface area (Å²) < 4.78 is 39.4. The van der Waals surface area contributed by atoms with Crippen molar-refractivity contribution in [2.75, 3.05) is 16.8 Å². The lowest BCUT2D eigenvalue weighted by Crippen LogP contribution is -2.27. The summed E-state index contributed by atoms with van der Waals surface area (Å²) in [5.41, 5.74) is 2.09. The van der Waals surface area contributed by atoms with E-state index in [1.807, 2.05) is 66.5 Å². The summed E-state index contributed by atoms with van der Waals surface area (Å²) in [7, 11) is 1.96. The van der Waals surface area contributed by atoms with Gasteiger partial charge in [-0.3, -0.25) is 9.69 Å². The normalized spacial score (nSPS) is 15.5. The number of nitrogens with zero attached hydrogens (tertiary/aromatic N) is 2. The number of benzene rings is 3. The van der Waals surface area contributed by atoms with E-state index in [2.05, 4.69) is 0 Å². The van der Waals surface area contributed by atoms with E-state index in [0.717, 1.165) is 45.7 Å². The van der Waals surface area contributed by atoms with E-state index in [-0.39, 0.29) is 10.0 Å². The Balaban J connectivity index is 1.56. The molecule has 1 aliphatic heterocycles. The van der Waals surface area contributed by atoms with Gasteiger partial charge >= 0.3 is 6.18 Å². The first-order valence-corrected chi connectivity index (χ1v) is 10.8. The molecule has 0 aromatic heterocycles. The number of para-hydroxylation sites is 1. The van der Waals surface area contributed by atoms with Crippen molar-refractivity contribution >= 4 is 57.3 Å². The van der Waals surface area contributed by atoms with Crippen LogP contribution in [0.2, 0.25) is 0 Å². The molecule has 0 atom stereocenters. The molecule has 0 radical (unpaired) electrons. The first-order valence-electron chi connectivity index (χ1n) is 9.58. The number of alkyl halides is 3. The van der Waals surface area contributed by atoms with Crippen molar-refractivity contribution < 1.29 is 18.0 Å². The van der Waals surface area contributed by atoms with Crippen molar-refractivity contribution in [3.8, 4) is 0 Å². The maximum atomic E-state index is 13.1. The SMILES string of the molecule is CN(c1ccccc1)c1ccc(/C=C2\SC(=S)N(c3cccc(C(F)(F)F)c3)C2=O)cc1. The van der Waals surface area contributed by atoms with Gasteiger partial charge in [0.05, 0.1) is 16.2 Å². The van der Waals surface area contributed by atoms with Gasteiger partial charge in [0.15, 0.2) is 4.32 Å². The van der Waals surface area contributed by atoms with Crippen LogP contribution in [0.5, 0.6) is 0 Å². The molecule has 162 valence electrons. The van der Waals surface area contributed by atoms with Gasteiger partial charge in [-0.25, -0.2) is 0 Å². The van der Waals surface area contributed by atoms with Crippen molar-refractivity contribution in [1.82, 2.24) is 0 Å². The molecule has 3 aromatic carbocycles. The number of hydrogen-bond acceptors (Lipinski definition) is 4. The van der Waals surface area contributed by atoms with Gasteiger partial charge in [-0.15, -0.1) is 0 Å². The third-order valence-electron chi connectivity index (χ3n) is 4.95. The lowest BCUT2D eigenvalue weighted by molar-refractivity contribution is -0.137. The zero-order chi connectivity index (χ0) is 22.9. The smallest absolute Gasteiger partial charge is 0.345 e. The molecule has 0 unspecified atom stereocenters. The van der Waals surface area contributed by atoms with Crippen molar-refractivity contribution in [2.45, 2.75) is 6.18 Å². The van der Waals surface area contributed by atoms with Crippen molar-refractivity contribution in [3.63, 3.8) is 0 Å². The van der Waals surface area contributed by atoms with E-state index in [0.29, 0.717) is 4.91 Å². The summed E-state index contributed by atoms with van der Waals surface area (Å²) in [6, 6.07) is 22.1. The van der Waals surface area contributed by atoms with Crippen molar-refractivity contribution in [2.24, 2.45) is 0 Å². The highest BCUT2D eigenvalue weighted by molar-refractivity contribution is 8.27. The molecule has 1 aliphatic rings. The minimum atomic E-state index is -4.50. The highest BCUT2D eigenvalue weighted by atomic mass is 32.2. The van der Waals surface area contributed by atoms with Crippen molar-refractivity contribution in [3.05, 3.63) is 94.9 Å². The number of amides is 1. The van der Waals surface area contributed by atoms with E-state index in [1.165, 1.54) is 12.1 Å². The van der Waals surface area contributed by atoms with Gasteiger partial charge in [-0.05, 0) is 54.1 Å². The third kappa shape index (κ3) is 4.56. The van der Waals surface area contributed by atoms with Crippen molar-refractivity contribution in [1.29, 1.82) is 0 Å². The van der Waals surface area contributed by atoms with E-state index in [9.17, 15) is 18.0 Å². The summed E-state index contributed by atoms with van der Waals surface area (Å²) in [5, 5.41) is 0. The fourth-order valence-electron chi connectivity index (χ4n) is 3.26. The molecule has 3 nitrogen and oxygen atoms in total. The van der Waals surface area contributed by atoms with Gasteiger partial charge in [0.25, 0.3) is 5.91 Å².